The molecule has 218 valence electrons. The fourth-order valence-corrected chi connectivity index (χ4v) is 8.01. The summed E-state index contributed by atoms with van der Waals surface area (Å²) in [5.41, 5.74) is 10.8. The zero-order chi connectivity index (χ0) is 30.5. The standard InChI is InChI=1S/C46H34/c1-3-13-31(14-4-1)33-23-24-35-30-36(26-25-34(35)29-33)45-40-19-9-11-21-42(40)46(43-22-12-10-20-41(43)45)44-28-27-37(32-15-5-2-6-16-32)38-17-7-8-18-39(38)44/h1-5,7-15,17-30,40,42H,6,16H2. The van der Waals surface area contributed by atoms with E-state index in [0.717, 1.165) is 12.8 Å². The Labute approximate surface area is 270 Å². The van der Waals surface area contributed by atoms with Gasteiger partial charge in [0.25, 0.3) is 0 Å². The van der Waals surface area contributed by atoms with Gasteiger partial charge in [0, 0.05) is 11.8 Å². The smallest absolute Gasteiger partial charge is 0.0137 e. The van der Waals surface area contributed by atoms with Crippen molar-refractivity contribution in [2.75, 3.05) is 0 Å². The van der Waals surface area contributed by atoms with E-state index < -0.39 is 0 Å². The third-order valence-electron chi connectivity index (χ3n) is 10.1. The van der Waals surface area contributed by atoms with E-state index in [9.17, 15) is 0 Å². The Bertz CT molecular complexity index is 2410. The predicted octanol–water partition coefficient (Wildman–Crippen LogP) is 10.2. The first-order valence-electron chi connectivity index (χ1n) is 16.5. The molecule has 0 aromatic heterocycles. The molecule has 0 aliphatic heterocycles. The molecule has 2 atom stereocenters. The number of fused-ring (bicyclic) bond motifs is 4. The summed E-state index contributed by atoms with van der Waals surface area (Å²) >= 11 is 0. The summed E-state index contributed by atoms with van der Waals surface area (Å²) in [7, 11) is 0. The Morgan fingerprint density at radius 1 is 0.457 bits per heavy atom. The van der Waals surface area contributed by atoms with Gasteiger partial charge in [-0.15, -0.1) is 0 Å². The number of benzene rings is 6. The second-order valence-corrected chi connectivity index (χ2v) is 12.7. The summed E-state index contributed by atoms with van der Waals surface area (Å²) in [6.07, 6.45) is 18.3. The lowest BCUT2D eigenvalue weighted by Gasteiger charge is -2.34. The van der Waals surface area contributed by atoms with Gasteiger partial charge in [-0.3, -0.25) is 0 Å². The second kappa shape index (κ2) is 11.2. The van der Waals surface area contributed by atoms with Crippen LogP contribution in [-0.2, 0) is 0 Å². The Hall–Kier alpha value is -5.46. The Morgan fingerprint density at radius 3 is 1.80 bits per heavy atom. The second-order valence-electron chi connectivity index (χ2n) is 12.7. The molecule has 0 N–H and O–H groups in total. The maximum absolute atomic E-state index is 2.43. The van der Waals surface area contributed by atoms with Crippen LogP contribution in [0.15, 0.2) is 170 Å². The van der Waals surface area contributed by atoms with E-state index >= 15 is 0 Å². The molecular formula is C46H34. The van der Waals surface area contributed by atoms with Crippen molar-refractivity contribution >= 4 is 38.3 Å². The average Bonchev–Trinajstić information content (AvgIpc) is 3.14. The van der Waals surface area contributed by atoms with E-state index in [0.29, 0.717) is 0 Å². The van der Waals surface area contributed by atoms with Crippen LogP contribution in [0.4, 0.5) is 0 Å². The minimum Gasteiger partial charge on any atom is -0.0842 e. The maximum atomic E-state index is 2.43. The minimum absolute atomic E-state index is 0.247. The molecule has 2 unspecified atom stereocenters. The molecule has 0 amide bonds. The summed E-state index contributed by atoms with van der Waals surface area (Å²) in [4.78, 5) is 0. The van der Waals surface area contributed by atoms with Crippen LogP contribution >= 0.6 is 0 Å². The van der Waals surface area contributed by atoms with Crippen LogP contribution in [0.1, 0.15) is 29.5 Å². The molecule has 0 saturated heterocycles. The molecule has 0 heteroatoms. The van der Waals surface area contributed by atoms with Gasteiger partial charge in [-0.25, -0.2) is 0 Å². The summed E-state index contributed by atoms with van der Waals surface area (Å²) in [6, 6.07) is 47.5. The zero-order valence-electron chi connectivity index (χ0n) is 25.7. The number of hydrogen-bond acceptors (Lipinski definition) is 0. The molecule has 0 radical (unpaired) electrons. The van der Waals surface area contributed by atoms with Crippen molar-refractivity contribution in [3.05, 3.63) is 197 Å². The van der Waals surface area contributed by atoms with Crippen molar-refractivity contribution < 1.29 is 0 Å². The van der Waals surface area contributed by atoms with E-state index in [1.807, 2.05) is 0 Å². The van der Waals surface area contributed by atoms with Crippen LogP contribution in [0.3, 0.4) is 0 Å². The fourth-order valence-electron chi connectivity index (χ4n) is 8.01. The quantitative estimate of drug-likeness (QED) is 0.193. The van der Waals surface area contributed by atoms with Gasteiger partial charge in [-0.1, -0.05) is 158 Å². The van der Waals surface area contributed by atoms with Crippen LogP contribution in [-0.4, -0.2) is 0 Å². The van der Waals surface area contributed by atoms with Gasteiger partial charge in [-0.2, -0.15) is 0 Å². The molecule has 6 aromatic rings. The summed E-state index contributed by atoms with van der Waals surface area (Å²) in [5, 5.41) is 7.91. The lowest BCUT2D eigenvalue weighted by Crippen LogP contribution is -2.40. The van der Waals surface area contributed by atoms with Crippen molar-refractivity contribution in [2.45, 2.75) is 12.8 Å². The largest absolute Gasteiger partial charge is 0.0842 e. The van der Waals surface area contributed by atoms with E-state index in [1.165, 1.54) is 76.5 Å². The van der Waals surface area contributed by atoms with Gasteiger partial charge in [0.15, 0.2) is 0 Å². The molecule has 46 heavy (non-hydrogen) atoms. The highest BCUT2D eigenvalue weighted by atomic mass is 14.4. The van der Waals surface area contributed by atoms with Gasteiger partial charge in [0.1, 0.15) is 0 Å². The number of hydrogen-bond donors (Lipinski definition) is 0. The van der Waals surface area contributed by atoms with Crippen LogP contribution in [0.5, 0.6) is 0 Å². The van der Waals surface area contributed by atoms with Crippen molar-refractivity contribution in [2.24, 2.45) is 11.8 Å². The predicted molar refractivity (Wildman–Crippen MR) is 196 cm³/mol. The lowest BCUT2D eigenvalue weighted by atomic mass is 9.69. The molecule has 0 fully saturated rings. The lowest BCUT2D eigenvalue weighted by molar-refractivity contribution is 0.687. The Balaban J connectivity index is 1.27. The molecular weight excluding hydrogens is 553 g/mol. The fraction of sp³-hybridized carbons (Fsp3) is 0.0870. The molecule has 3 aliphatic rings. The van der Waals surface area contributed by atoms with Crippen LogP contribution in [0.2, 0.25) is 0 Å². The average molecular weight is 587 g/mol. The van der Waals surface area contributed by atoms with E-state index in [1.54, 1.807) is 0 Å². The first-order valence-corrected chi connectivity index (χ1v) is 16.5. The highest BCUT2D eigenvalue weighted by Crippen LogP contribution is 2.43. The first kappa shape index (κ1) is 26.9. The van der Waals surface area contributed by atoms with E-state index in [4.69, 9.17) is 0 Å². The topological polar surface area (TPSA) is 0 Å². The zero-order valence-corrected chi connectivity index (χ0v) is 25.7. The summed E-state index contributed by atoms with van der Waals surface area (Å²) in [6.45, 7) is 0. The van der Waals surface area contributed by atoms with Crippen LogP contribution < -0.4 is 10.4 Å². The molecule has 0 saturated carbocycles. The van der Waals surface area contributed by atoms with Crippen LogP contribution in [0, 0.1) is 11.8 Å². The van der Waals surface area contributed by atoms with Gasteiger partial charge in [0.2, 0.25) is 0 Å². The third-order valence-corrected chi connectivity index (χ3v) is 10.1. The maximum Gasteiger partial charge on any atom is 0.0137 e. The third kappa shape index (κ3) is 4.44. The SMILES string of the molecule is C1=CCCC(c2ccc(C3=c4ccccc4=C(c4ccc5cc(-c6ccccc6)ccc5c4)C4C=CC=CC34)c3ccccc23)=C1. The van der Waals surface area contributed by atoms with Crippen molar-refractivity contribution in [1.29, 1.82) is 0 Å². The highest BCUT2D eigenvalue weighted by molar-refractivity contribution is 6.02. The van der Waals surface area contributed by atoms with Crippen LogP contribution in [0.25, 0.3) is 49.4 Å². The van der Waals surface area contributed by atoms with Crippen molar-refractivity contribution in [3.8, 4) is 11.1 Å². The van der Waals surface area contributed by atoms with Crippen molar-refractivity contribution in [3.63, 3.8) is 0 Å². The van der Waals surface area contributed by atoms with Gasteiger partial charge in [-0.05, 0) is 101 Å². The summed E-state index contributed by atoms with van der Waals surface area (Å²) < 4.78 is 0. The molecule has 0 spiro atoms. The highest BCUT2D eigenvalue weighted by Gasteiger charge is 2.32. The monoisotopic (exact) mass is 586 g/mol. The molecule has 6 aromatic carbocycles. The molecule has 0 heterocycles. The van der Waals surface area contributed by atoms with Gasteiger partial charge < -0.3 is 0 Å². The van der Waals surface area contributed by atoms with Crippen molar-refractivity contribution in [1.82, 2.24) is 0 Å². The molecule has 0 nitrogen and oxygen atoms in total. The normalized spacial score (nSPS) is 18.5. The van der Waals surface area contributed by atoms with Gasteiger partial charge >= 0.3 is 0 Å². The van der Waals surface area contributed by atoms with Gasteiger partial charge in [0.05, 0.1) is 0 Å². The molecule has 9 rings (SSSR count). The Kier molecular flexibility index (Phi) is 6.53. The number of allylic oxidation sites excluding steroid dienone is 8. The molecule has 0 bridgehead atoms. The summed E-state index contributed by atoms with van der Waals surface area (Å²) in [5.74, 6) is 0.498. The van der Waals surface area contributed by atoms with E-state index in [2.05, 4.69) is 170 Å². The minimum atomic E-state index is 0.247. The first-order chi connectivity index (χ1) is 22.8. The van der Waals surface area contributed by atoms with E-state index in [-0.39, 0.29) is 11.8 Å². The Morgan fingerprint density at radius 2 is 1.07 bits per heavy atom. The molecule has 3 aliphatic carbocycles. The number of rotatable bonds is 4.